The number of aliphatic hydroxyl groups excluding tert-OH is 1. The van der Waals surface area contributed by atoms with Crippen molar-refractivity contribution in [2.75, 3.05) is 6.61 Å². The third kappa shape index (κ3) is 6.73. The minimum atomic E-state index is -1.51. The molecule has 0 spiro atoms. The molecule has 0 radical (unpaired) electrons. The number of ether oxygens (including phenoxy) is 1. The van der Waals surface area contributed by atoms with Crippen molar-refractivity contribution in [2.45, 2.75) is 33.0 Å². The van der Waals surface area contributed by atoms with Gasteiger partial charge in [0, 0.05) is 30.2 Å². The Labute approximate surface area is 216 Å². The van der Waals surface area contributed by atoms with E-state index in [0.29, 0.717) is 28.7 Å². The van der Waals surface area contributed by atoms with Gasteiger partial charge in [-0.05, 0) is 38.5 Å². The van der Waals surface area contributed by atoms with Crippen molar-refractivity contribution in [3.63, 3.8) is 0 Å². The number of aryl methyl sites for hydroxylation is 1. The van der Waals surface area contributed by atoms with Crippen LogP contribution >= 0.6 is 11.6 Å². The van der Waals surface area contributed by atoms with E-state index in [1.807, 2.05) is 0 Å². The number of pyridine rings is 3. The van der Waals surface area contributed by atoms with Gasteiger partial charge in [0.05, 0.1) is 29.9 Å². The largest absolute Gasteiger partial charge is 0.485 e. The molecule has 8 nitrogen and oxygen atoms in total. The lowest BCUT2D eigenvalue weighted by molar-refractivity contribution is -0.00588. The molecule has 3 rings (SSSR count). The van der Waals surface area contributed by atoms with E-state index in [4.69, 9.17) is 16.3 Å². The van der Waals surface area contributed by atoms with Gasteiger partial charge in [-0.15, -0.1) is 0 Å². The zero-order valence-corrected chi connectivity index (χ0v) is 21.1. The smallest absolute Gasteiger partial charge is 0.277 e. The molecule has 0 aromatic carbocycles. The lowest BCUT2D eigenvalue weighted by Crippen LogP contribution is -2.27. The minimum absolute atomic E-state index is 0.0313. The summed E-state index contributed by atoms with van der Waals surface area (Å²) in [5.74, 6) is -1.66. The van der Waals surface area contributed by atoms with Gasteiger partial charge in [-0.25, -0.2) is 13.8 Å². The predicted octanol–water partition coefficient (Wildman–Crippen LogP) is 4.26. The Hall–Kier alpha value is -3.73. The highest BCUT2D eigenvalue weighted by Gasteiger charge is 2.23. The second-order valence-corrected chi connectivity index (χ2v) is 8.81. The molecule has 0 aliphatic carbocycles. The summed E-state index contributed by atoms with van der Waals surface area (Å²) < 4.78 is 33.6. The average Bonchev–Trinajstić information content (AvgIpc) is 2.87. The van der Waals surface area contributed by atoms with Crippen LogP contribution in [0.3, 0.4) is 0 Å². The van der Waals surface area contributed by atoms with Crippen molar-refractivity contribution in [3.8, 4) is 5.75 Å². The zero-order valence-electron chi connectivity index (χ0n) is 20.4. The van der Waals surface area contributed by atoms with Gasteiger partial charge < -0.3 is 14.9 Å². The van der Waals surface area contributed by atoms with Crippen LogP contribution in [0, 0.1) is 18.6 Å². The fourth-order valence-electron chi connectivity index (χ4n) is 3.11. The number of allylic oxidation sites excluding steroid dienone is 1. The number of rotatable bonds is 9. The van der Waals surface area contributed by atoms with Crippen LogP contribution in [0.25, 0.3) is 11.9 Å². The number of hydrogen-bond donors (Lipinski definition) is 2. The van der Waals surface area contributed by atoms with Crippen molar-refractivity contribution in [3.05, 3.63) is 98.5 Å². The highest BCUT2D eigenvalue weighted by molar-refractivity contribution is 6.31. The summed E-state index contributed by atoms with van der Waals surface area (Å²) in [6, 6.07) is 7.11. The molecular formula is C26H25ClF2N4O4. The lowest BCUT2D eigenvalue weighted by atomic mass is 10.0. The average molecular weight is 531 g/mol. The number of nitrogens with zero attached hydrogens (tertiary/aromatic N) is 4. The Balaban J connectivity index is 1.79. The first-order valence-corrected chi connectivity index (χ1v) is 11.4. The zero-order chi connectivity index (χ0) is 27.3. The first kappa shape index (κ1) is 27.9. The van der Waals surface area contributed by atoms with E-state index < -0.39 is 29.4 Å². The Morgan fingerprint density at radius 1 is 1.35 bits per heavy atom. The normalized spacial score (nSPS) is 13.6. The monoisotopic (exact) mass is 530 g/mol. The maximum absolute atomic E-state index is 13.8. The fraction of sp³-hybridized carbons (Fsp3) is 0.231. The number of hydrogen-bond acceptors (Lipinski definition) is 7. The molecule has 0 saturated carbocycles. The lowest BCUT2D eigenvalue weighted by Gasteiger charge is -2.20. The van der Waals surface area contributed by atoms with Crippen molar-refractivity contribution in [2.24, 2.45) is 4.99 Å². The van der Waals surface area contributed by atoms with Crippen LogP contribution in [0.4, 0.5) is 8.78 Å². The molecule has 0 fully saturated rings. The van der Waals surface area contributed by atoms with Gasteiger partial charge in [0.1, 0.15) is 34.5 Å². The summed E-state index contributed by atoms with van der Waals surface area (Å²) in [5, 5.41) is 19.3. The molecule has 2 N–H and O–H groups in total. The van der Waals surface area contributed by atoms with E-state index in [1.165, 1.54) is 30.0 Å². The van der Waals surface area contributed by atoms with Crippen molar-refractivity contribution in [1.29, 1.82) is 0 Å². The van der Waals surface area contributed by atoms with Crippen LogP contribution in [0.15, 0.2) is 58.5 Å². The van der Waals surface area contributed by atoms with Gasteiger partial charge in [-0.1, -0.05) is 24.2 Å². The molecular weight excluding hydrogens is 506 g/mol. The second kappa shape index (κ2) is 11.5. The summed E-state index contributed by atoms with van der Waals surface area (Å²) in [6.45, 7) is 7.85. The fourth-order valence-corrected chi connectivity index (χ4v) is 3.31. The van der Waals surface area contributed by atoms with Gasteiger partial charge in [-0.2, -0.15) is 0 Å². The van der Waals surface area contributed by atoms with E-state index in [1.54, 1.807) is 32.0 Å². The van der Waals surface area contributed by atoms with Crippen LogP contribution in [0.1, 0.15) is 36.6 Å². The summed E-state index contributed by atoms with van der Waals surface area (Å²) in [4.78, 5) is 25.1. The van der Waals surface area contributed by atoms with Gasteiger partial charge in [-0.3, -0.25) is 19.3 Å². The highest BCUT2D eigenvalue weighted by atomic mass is 35.5. The van der Waals surface area contributed by atoms with Crippen molar-refractivity contribution < 1.29 is 23.7 Å². The summed E-state index contributed by atoms with van der Waals surface area (Å²) in [6.07, 6.45) is 3.86. The van der Waals surface area contributed by atoms with E-state index in [2.05, 4.69) is 21.5 Å². The third-order valence-corrected chi connectivity index (χ3v) is 5.60. The first-order valence-electron chi connectivity index (χ1n) is 11.0. The maximum Gasteiger partial charge on any atom is 0.277 e. The standard InChI is InChI=1S/C26H25ClF2N4O4/c1-15(10-30-17(3)20-6-5-7-23(32-20)26(4,36)14-34)12-33-16(2)8-22(24(27)25(33)35)37-13-21-19(29)9-18(28)11-31-21/h5-12,34,36H,3,13-14H2,1-2,4H3/b15-12+,30-10?/t26-/m1/s1. The molecule has 1 atom stereocenters. The van der Waals surface area contributed by atoms with Crippen LogP contribution in [0.5, 0.6) is 5.75 Å². The minimum Gasteiger partial charge on any atom is -0.485 e. The topological polar surface area (TPSA) is 110 Å². The molecule has 0 saturated heterocycles. The van der Waals surface area contributed by atoms with Crippen molar-refractivity contribution >= 4 is 29.7 Å². The predicted molar refractivity (Wildman–Crippen MR) is 137 cm³/mol. The van der Waals surface area contributed by atoms with Crippen LogP contribution in [-0.4, -0.2) is 37.6 Å². The maximum atomic E-state index is 13.8. The molecule has 37 heavy (non-hydrogen) atoms. The third-order valence-electron chi connectivity index (χ3n) is 5.25. The Morgan fingerprint density at radius 3 is 2.76 bits per heavy atom. The number of aliphatic hydroxyl groups is 2. The van der Waals surface area contributed by atoms with Crippen LogP contribution < -0.4 is 10.3 Å². The molecule has 0 unspecified atom stereocenters. The summed E-state index contributed by atoms with van der Waals surface area (Å²) in [7, 11) is 0. The van der Waals surface area contributed by atoms with Gasteiger partial charge in [0.25, 0.3) is 5.56 Å². The first-order chi connectivity index (χ1) is 17.4. The quantitative estimate of drug-likeness (QED) is 0.400. The van der Waals surface area contributed by atoms with E-state index in [0.717, 1.165) is 6.20 Å². The summed E-state index contributed by atoms with van der Waals surface area (Å²) in [5.41, 5.74) is -0.184. The molecule has 11 heteroatoms. The molecule has 0 aliphatic heterocycles. The van der Waals surface area contributed by atoms with E-state index in [-0.39, 0.29) is 28.8 Å². The number of aliphatic imine (C=N–C) groups is 1. The Bertz CT molecular complexity index is 1450. The molecule has 0 aliphatic rings. The van der Waals surface area contributed by atoms with E-state index >= 15 is 0 Å². The van der Waals surface area contributed by atoms with Crippen molar-refractivity contribution in [1.82, 2.24) is 14.5 Å². The van der Waals surface area contributed by atoms with E-state index in [9.17, 15) is 23.8 Å². The van der Waals surface area contributed by atoms with Crippen LogP contribution in [-0.2, 0) is 12.2 Å². The van der Waals surface area contributed by atoms with Gasteiger partial charge in [0.2, 0.25) is 0 Å². The molecule has 194 valence electrons. The molecule has 3 aromatic rings. The number of aromatic nitrogens is 3. The van der Waals surface area contributed by atoms with Gasteiger partial charge >= 0.3 is 0 Å². The molecule has 3 aromatic heterocycles. The Morgan fingerprint density at radius 2 is 2.08 bits per heavy atom. The molecule has 0 amide bonds. The molecule has 0 bridgehead atoms. The van der Waals surface area contributed by atoms with Crippen LogP contribution in [0.2, 0.25) is 5.02 Å². The molecule has 3 heterocycles. The SMILES string of the molecule is C=C(N=C/C(C)=C/n1c(C)cc(OCc2ncc(F)cc2F)c(Cl)c1=O)c1cccc([C@](C)(O)CO)n1. The highest BCUT2D eigenvalue weighted by Crippen LogP contribution is 2.24. The Kier molecular flexibility index (Phi) is 8.69. The second-order valence-electron chi connectivity index (χ2n) is 8.43. The van der Waals surface area contributed by atoms with Gasteiger partial charge in [0.15, 0.2) is 5.82 Å². The summed E-state index contributed by atoms with van der Waals surface area (Å²) >= 11 is 6.20. The number of halogens is 3.